The van der Waals surface area contributed by atoms with Gasteiger partial charge in [0.1, 0.15) is 24.4 Å². The summed E-state index contributed by atoms with van der Waals surface area (Å²) >= 11 is 0. The molecule has 1 aromatic rings. The Morgan fingerprint density at radius 3 is 2.40 bits per heavy atom. The van der Waals surface area contributed by atoms with Crippen LogP contribution in [-0.2, 0) is 30.7 Å². The summed E-state index contributed by atoms with van der Waals surface area (Å²) in [5, 5.41) is 2.08. The van der Waals surface area contributed by atoms with Crippen LogP contribution < -0.4 is 10.2 Å². The summed E-state index contributed by atoms with van der Waals surface area (Å²) in [5.41, 5.74) is -5.34. The smallest absolute Gasteiger partial charge is 0.419 e. The third kappa shape index (κ3) is 4.36. The van der Waals surface area contributed by atoms with E-state index in [2.05, 4.69) is 10.1 Å². The molecular formula is C18H18F6N2O4. The number of amides is 2. The second-order valence-electron chi connectivity index (χ2n) is 7.14. The molecule has 2 rings (SSSR count). The van der Waals surface area contributed by atoms with E-state index in [4.69, 9.17) is 0 Å². The first-order chi connectivity index (χ1) is 13.7. The van der Waals surface area contributed by atoms with Gasteiger partial charge < -0.3 is 10.1 Å². The van der Waals surface area contributed by atoms with Gasteiger partial charge >= 0.3 is 12.1 Å². The van der Waals surface area contributed by atoms with Crippen molar-refractivity contribution in [3.05, 3.63) is 28.8 Å². The van der Waals surface area contributed by atoms with Crippen molar-refractivity contribution in [3.63, 3.8) is 0 Å². The van der Waals surface area contributed by atoms with Gasteiger partial charge in [0.15, 0.2) is 0 Å². The average Bonchev–Trinajstić information content (AvgIpc) is 2.83. The monoisotopic (exact) mass is 440 g/mol. The van der Waals surface area contributed by atoms with Crippen molar-refractivity contribution in [1.82, 2.24) is 5.32 Å². The number of halogens is 6. The van der Waals surface area contributed by atoms with Gasteiger partial charge in [-0.25, -0.2) is 13.2 Å². The second kappa shape index (κ2) is 8.15. The molecule has 0 aromatic heterocycles. The van der Waals surface area contributed by atoms with Crippen LogP contribution in [0.5, 0.6) is 0 Å². The number of nitrogens with zero attached hydrogens (tertiary/aromatic N) is 1. The summed E-state index contributed by atoms with van der Waals surface area (Å²) in [4.78, 5) is 36.2. The van der Waals surface area contributed by atoms with Crippen molar-refractivity contribution in [2.45, 2.75) is 38.0 Å². The molecule has 1 aliphatic rings. The van der Waals surface area contributed by atoms with Crippen molar-refractivity contribution in [2.24, 2.45) is 0 Å². The molecule has 1 aromatic carbocycles. The first kappa shape index (κ1) is 23.5. The van der Waals surface area contributed by atoms with Gasteiger partial charge in [0.2, 0.25) is 11.8 Å². The third-order valence-corrected chi connectivity index (χ3v) is 4.61. The molecule has 0 bridgehead atoms. The first-order valence-corrected chi connectivity index (χ1v) is 8.61. The minimum atomic E-state index is -5.19. The molecule has 1 N–H and O–H groups in total. The second-order valence-corrected chi connectivity index (χ2v) is 7.14. The zero-order valence-electron chi connectivity index (χ0n) is 16.1. The Kier molecular flexibility index (Phi) is 6.38. The number of anilines is 1. The molecule has 0 fully saturated rings. The number of carbonyl (C=O) groups excluding carboxylic acids is 3. The zero-order chi connectivity index (χ0) is 23.0. The Morgan fingerprint density at radius 1 is 1.27 bits per heavy atom. The van der Waals surface area contributed by atoms with Crippen molar-refractivity contribution in [2.75, 3.05) is 25.1 Å². The fourth-order valence-corrected chi connectivity index (χ4v) is 3.11. The molecule has 0 aliphatic carbocycles. The fourth-order valence-electron chi connectivity index (χ4n) is 3.11. The number of hydrogen-bond donors (Lipinski definition) is 1. The highest BCUT2D eigenvalue weighted by Gasteiger charge is 2.51. The standard InChI is InChI=1S/C18H18F6N2O4/c1-17(2)13-14(21)9(18(22,23)24)5-10(20)15(13)26(16(17)29)7-11(27)25-6-8(19)4-12(28)30-3/h5,8H,4,6-7H2,1-3H3,(H,25,27)/t8-/m0/s1. The van der Waals surface area contributed by atoms with Gasteiger partial charge in [-0.1, -0.05) is 0 Å². The van der Waals surface area contributed by atoms with Crippen molar-refractivity contribution in [1.29, 1.82) is 0 Å². The maximum atomic E-state index is 14.6. The number of methoxy groups -OCH3 is 1. The van der Waals surface area contributed by atoms with E-state index in [1.807, 2.05) is 0 Å². The van der Waals surface area contributed by atoms with Crippen LogP contribution in [0.4, 0.5) is 32.0 Å². The molecular weight excluding hydrogens is 422 g/mol. The summed E-state index contributed by atoms with van der Waals surface area (Å²) in [7, 11) is 1.05. The van der Waals surface area contributed by atoms with Gasteiger partial charge in [0.05, 0.1) is 30.2 Å². The van der Waals surface area contributed by atoms with E-state index in [0.29, 0.717) is 4.90 Å². The lowest BCUT2D eigenvalue weighted by Gasteiger charge is -2.20. The predicted octanol–water partition coefficient (Wildman–Crippen LogP) is 2.63. The number of carbonyl (C=O) groups is 3. The zero-order valence-corrected chi connectivity index (χ0v) is 16.1. The Morgan fingerprint density at radius 2 is 1.87 bits per heavy atom. The minimum Gasteiger partial charge on any atom is -0.469 e. The molecule has 2 amide bonds. The molecule has 1 atom stereocenters. The Balaban J connectivity index is 2.29. The van der Waals surface area contributed by atoms with Gasteiger partial charge in [0.25, 0.3) is 0 Å². The molecule has 1 aliphatic heterocycles. The highest BCUT2D eigenvalue weighted by molar-refractivity contribution is 6.10. The van der Waals surface area contributed by atoms with Crippen LogP contribution in [-0.4, -0.2) is 44.2 Å². The molecule has 166 valence electrons. The summed E-state index contributed by atoms with van der Waals surface area (Å²) in [6.07, 6.45) is -7.64. The van der Waals surface area contributed by atoms with E-state index in [0.717, 1.165) is 21.0 Å². The predicted molar refractivity (Wildman–Crippen MR) is 91.3 cm³/mol. The summed E-state index contributed by atoms with van der Waals surface area (Å²) in [5.74, 6) is -6.18. The quantitative estimate of drug-likeness (QED) is 0.545. The van der Waals surface area contributed by atoms with Gasteiger partial charge in [-0.2, -0.15) is 13.2 Å². The molecule has 0 saturated heterocycles. The number of rotatable bonds is 6. The van der Waals surface area contributed by atoms with Crippen molar-refractivity contribution >= 4 is 23.5 Å². The summed E-state index contributed by atoms with van der Waals surface area (Å²) < 4.78 is 86.0. The fraction of sp³-hybridized carbons (Fsp3) is 0.500. The molecule has 30 heavy (non-hydrogen) atoms. The number of ether oxygens (including phenoxy) is 1. The van der Waals surface area contributed by atoms with E-state index < -0.39 is 83.5 Å². The third-order valence-electron chi connectivity index (χ3n) is 4.61. The van der Waals surface area contributed by atoms with Crippen LogP contribution >= 0.6 is 0 Å². The molecule has 0 saturated carbocycles. The Labute approximate surface area is 167 Å². The SMILES string of the molecule is COC(=O)C[C@H](F)CNC(=O)CN1C(=O)C(C)(C)c2c(F)c(C(F)(F)F)cc(F)c21. The average molecular weight is 440 g/mol. The Hall–Kier alpha value is -2.79. The van der Waals surface area contributed by atoms with Crippen LogP contribution in [0, 0.1) is 11.6 Å². The van der Waals surface area contributed by atoms with Gasteiger partial charge in [-0.3, -0.25) is 19.3 Å². The lowest BCUT2D eigenvalue weighted by molar-refractivity contribution is -0.142. The van der Waals surface area contributed by atoms with Crippen LogP contribution in [0.25, 0.3) is 0 Å². The molecule has 12 heteroatoms. The van der Waals surface area contributed by atoms with E-state index in [1.54, 1.807) is 0 Å². The van der Waals surface area contributed by atoms with E-state index in [1.165, 1.54) is 0 Å². The van der Waals surface area contributed by atoms with Crippen LogP contribution in [0.1, 0.15) is 31.4 Å². The maximum Gasteiger partial charge on any atom is 0.419 e. The van der Waals surface area contributed by atoms with Crippen molar-refractivity contribution in [3.8, 4) is 0 Å². The van der Waals surface area contributed by atoms with Crippen LogP contribution in [0.3, 0.4) is 0 Å². The van der Waals surface area contributed by atoms with Gasteiger partial charge in [0, 0.05) is 12.1 Å². The number of esters is 1. The van der Waals surface area contributed by atoms with E-state index in [9.17, 15) is 40.7 Å². The summed E-state index contributed by atoms with van der Waals surface area (Å²) in [6.45, 7) is 0.684. The number of hydrogen-bond acceptors (Lipinski definition) is 4. The van der Waals surface area contributed by atoms with Crippen LogP contribution in [0.2, 0.25) is 0 Å². The number of alkyl halides is 4. The maximum absolute atomic E-state index is 14.6. The number of fused-ring (bicyclic) bond motifs is 1. The topological polar surface area (TPSA) is 75.7 Å². The Bertz CT molecular complexity index is 884. The molecule has 0 spiro atoms. The number of nitrogens with one attached hydrogen (secondary N) is 1. The molecule has 0 unspecified atom stereocenters. The van der Waals surface area contributed by atoms with E-state index in [-0.39, 0.29) is 6.07 Å². The lowest BCUT2D eigenvalue weighted by atomic mass is 9.84. The lowest BCUT2D eigenvalue weighted by Crippen LogP contribution is -2.44. The van der Waals surface area contributed by atoms with Gasteiger partial charge in [-0.05, 0) is 19.9 Å². The minimum absolute atomic E-state index is 0.0816. The van der Waals surface area contributed by atoms with Crippen molar-refractivity contribution < 1.29 is 45.5 Å². The largest absolute Gasteiger partial charge is 0.469 e. The molecule has 6 nitrogen and oxygen atoms in total. The van der Waals surface area contributed by atoms with Gasteiger partial charge in [-0.15, -0.1) is 0 Å². The molecule has 1 heterocycles. The summed E-state index contributed by atoms with van der Waals surface area (Å²) in [6, 6.07) is -0.0816. The highest BCUT2D eigenvalue weighted by atomic mass is 19.4. The number of benzene rings is 1. The normalized spacial score (nSPS) is 16.3. The first-order valence-electron chi connectivity index (χ1n) is 8.61. The van der Waals surface area contributed by atoms with E-state index >= 15 is 0 Å². The molecule has 0 radical (unpaired) electrons. The highest BCUT2D eigenvalue weighted by Crippen LogP contribution is 2.47. The van der Waals surface area contributed by atoms with Crippen LogP contribution in [0.15, 0.2) is 6.07 Å².